The highest BCUT2D eigenvalue weighted by Crippen LogP contribution is 2.27. The number of rotatable bonds is 7. The number of hydrogen-bond donors (Lipinski definition) is 4. The van der Waals surface area contributed by atoms with Gasteiger partial charge in [-0.3, -0.25) is 10.1 Å². The van der Waals surface area contributed by atoms with E-state index in [1.807, 2.05) is 0 Å². The number of carboxylic acids is 1. The third-order valence-electron chi connectivity index (χ3n) is 2.85. The van der Waals surface area contributed by atoms with Gasteiger partial charge in [0.1, 0.15) is 6.10 Å². The molecule has 0 radical (unpaired) electrons. The lowest BCUT2D eigenvalue weighted by Gasteiger charge is -2.19. The summed E-state index contributed by atoms with van der Waals surface area (Å²) in [5.74, 6) is -1.32. The Labute approximate surface area is 114 Å². The molecule has 2 unspecified atom stereocenters. The molecule has 1 aromatic rings. The fourth-order valence-corrected chi connectivity index (χ4v) is 1.76. The Morgan fingerprint density at radius 2 is 2.10 bits per heavy atom. The van der Waals surface area contributed by atoms with Gasteiger partial charge < -0.3 is 20.6 Å². The summed E-state index contributed by atoms with van der Waals surface area (Å²) in [6.07, 6.45) is -2.55. The van der Waals surface area contributed by atoms with E-state index in [0.29, 0.717) is 6.54 Å². The van der Waals surface area contributed by atoms with E-state index in [2.05, 4.69) is 5.32 Å². The van der Waals surface area contributed by atoms with Crippen molar-refractivity contribution < 1.29 is 25.0 Å². The van der Waals surface area contributed by atoms with Crippen molar-refractivity contribution in [3.8, 4) is 0 Å². The number of nitro groups is 1. The molecule has 0 aliphatic carbocycles. The third kappa shape index (κ3) is 3.73. The van der Waals surface area contributed by atoms with Crippen molar-refractivity contribution in [2.45, 2.75) is 18.6 Å². The number of nitrogens with zero attached hydrogens (tertiary/aromatic N) is 1. The van der Waals surface area contributed by atoms with Crippen LogP contribution in [0.15, 0.2) is 18.2 Å². The van der Waals surface area contributed by atoms with E-state index in [9.17, 15) is 25.1 Å². The Morgan fingerprint density at radius 1 is 1.45 bits per heavy atom. The molecule has 0 bridgehead atoms. The molecule has 0 aliphatic rings. The predicted octanol–water partition coefficient (Wildman–Crippen LogP) is 0.297. The summed E-state index contributed by atoms with van der Waals surface area (Å²) in [4.78, 5) is 21.1. The number of nitrogens with one attached hydrogen (secondary N) is 1. The Bertz CT molecular complexity index is 505. The molecule has 8 heteroatoms. The fourth-order valence-electron chi connectivity index (χ4n) is 1.76. The van der Waals surface area contributed by atoms with E-state index in [1.54, 1.807) is 7.05 Å². The maximum Gasteiger partial charge on any atom is 0.336 e. The zero-order valence-corrected chi connectivity index (χ0v) is 10.8. The third-order valence-corrected chi connectivity index (χ3v) is 2.85. The number of carboxylic acid groups (broad SMARTS) is 1. The van der Waals surface area contributed by atoms with E-state index in [0.717, 1.165) is 18.2 Å². The van der Waals surface area contributed by atoms with Crippen molar-refractivity contribution in [3.05, 3.63) is 39.4 Å². The first-order valence-electron chi connectivity index (χ1n) is 5.90. The first-order chi connectivity index (χ1) is 9.38. The van der Waals surface area contributed by atoms with Crippen LogP contribution < -0.4 is 5.32 Å². The Kier molecular flexibility index (Phi) is 5.56. The molecule has 0 amide bonds. The number of benzene rings is 1. The molecule has 0 aliphatic heterocycles. The SMILES string of the molecule is CNCCC(O)C(O)c1cc([N+](=O)[O-])ccc1C(=O)O. The van der Waals surface area contributed by atoms with Gasteiger partial charge in [-0.1, -0.05) is 0 Å². The molecule has 0 heterocycles. The van der Waals surface area contributed by atoms with Gasteiger partial charge in [0.05, 0.1) is 16.6 Å². The van der Waals surface area contributed by atoms with Gasteiger partial charge in [0.25, 0.3) is 5.69 Å². The number of nitro benzene ring substituents is 1. The van der Waals surface area contributed by atoms with E-state index in [1.165, 1.54) is 0 Å². The summed E-state index contributed by atoms with van der Waals surface area (Å²) < 4.78 is 0. The van der Waals surface area contributed by atoms with Crippen LogP contribution in [-0.4, -0.2) is 45.9 Å². The summed E-state index contributed by atoms with van der Waals surface area (Å²) in [5.41, 5.74) is -0.785. The second kappa shape index (κ2) is 6.94. The highest BCUT2D eigenvalue weighted by Gasteiger charge is 2.25. The molecule has 1 aromatic carbocycles. The van der Waals surface area contributed by atoms with Crippen molar-refractivity contribution in [2.24, 2.45) is 0 Å². The van der Waals surface area contributed by atoms with Crippen LogP contribution in [0.3, 0.4) is 0 Å². The van der Waals surface area contributed by atoms with E-state index >= 15 is 0 Å². The Balaban J connectivity index is 3.14. The van der Waals surface area contributed by atoms with Crippen LogP contribution in [0.2, 0.25) is 0 Å². The van der Waals surface area contributed by atoms with E-state index < -0.39 is 23.1 Å². The number of aliphatic hydroxyl groups is 2. The zero-order valence-electron chi connectivity index (χ0n) is 10.8. The van der Waals surface area contributed by atoms with Crippen LogP contribution in [-0.2, 0) is 0 Å². The van der Waals surface area contributed by atoms with Crippen molar-refractivity contribution >= 4 is 11.7 Å². The largest absolute Gasteiger partial charge is 0.478 e. The van der Waals surface area contributed by atoms with Gasteiger partial charge in [0.15, 0.2) is 0 Å². The average molecular weight is 284 g/mol. The van der Waals surface area contributed by atoms with Crippen molar-refractivity contribution in [2.75, 3.05) is 13.6 Å². The van der Waals surface area contributed by atoms with Crippen LogP contribution in [0.25, 0.3) is 0 Å². The lowest BCUT2D eigenvalue weighted by Crippen LogP contribution is -2.24. The van der Waals surface area contributed by atoms with Crippen molar-refractivity contribution in [3.63, 3.8) is 0 Å². The summed E-state index contributed by atoms with van der Waals surface area (Å²) in [6, 6.07) is 3.06. The molecule has 20 heavy (non-hydrogen) atoms. The molecule has 0 saturated heterocycles. The van der Waals surface area contributed by atoms with Crippen LogP contribution in [0, 0.1) is 10.1 Å². The van der Waals surface area contributed by atoms with Gasteiger partial charge in [-0.05, 0) is 26.1 Å². The number of aromatic carboxylic acids is 1. The number of hydrogen-bond acceptors (Lipinski definition) is 6. The minimum atomic E-state index is -1.51. The lowest BCUT2D eigenvalue weighted by atomic mass is 9.96. The van der Waals surface area contributed by atoms with Gasteiger partial charge in [-0.25, -0.2) is 4.79 Å². The molecule has 1 rings (SSSR count). The molecule has 8 nitrogen and oxygen atoms in total. The molecule has 0 saturated carbocycles. The van der Waals surface area contributed by atoms with Crippen molar-refractivity contribution in [1.82, 2.24) is 5.32 Å². The average Bonchev–Trinajstić information content (AvgIpc) is 2.42. The summed E-state index contributed by atoms with van der Waals surface area (Å²) in [6.45, 7) is 0.412. The molecule has 0 spiro atoms. The maximum atomic E-state index is 11.1. The molecule has 4 N–H and O–H groups in total. The van der Waals surface area contributed by atoms with E-state index in [4.69, 9.17) is 5.11 Å². The Morgan fingerprint density at radius 3 is 2.60 bits per heavy atom. The minimum absolute atomic E-state index is 0.171. The first-order valence-corrected chi connectivity index (χ1v) is 5.90. The highest BCUT2D eigenvalue weighted by molar-refractivity contribution is 5.90. The van der Waals surface area contributed by atoms with Gasteiger partial charge >= 0.3 is 5.97 Å². The molecule has 0 fully saturated rings. The summed E-state index contributed by atoms with van der Waals surface area (Å²) in [7, 11) is 1.66. The smallest absolute Gasteiger partial charge is 0.336 e. The number of aliphatic hydroxyl groups excluding tert-OH is 2. The maximum absolute atomic E-state index is 11.1. The van der Waals surface area contributed by atoms with E-state index in [-0.39, 0.29) is 23.2 Å². The molecule has 0 aromatic heterocycles. The number of carbonyl (C=O) groups is 1. The molecule has 2 atom stereocenters. The van der Waals surface area contributed by atoms with Gasteiger partial charge in [-0.15, -0.1) is 0 Å². The second-order valence-corrected chi connectivity index (χ2v) is 4.24. The molecular formula is C12H16N2O6. The summed E-state index contributed by atoms with van der Waals surface area (Å²) in [5, 5.41) is 42.3. The topological polar surface area (TPSA) is 133 Å². The standard InChI is InChI=1S/C12H16N2O6/c1-13-5-4-10(15)11(16)9-6-7(14(19)20)2-3-8(9)12(17)18/h2-3,6,10-11,13,15-16H,4-5H2,1H3,(H,17,18). The zero-order chi connectivity index (χ0) is 15.3. The number of non-ortho nitro benzene ring substituents is 1. The minimum Gasteiger partial charge on any atom is -0.478 e. The van der Waals surface area contributed by atoms with Crippen LogP contribution in [0.4, 0.5) is 5.69 Å². The van der Waals surface area contributed by atoms with Gasteiger partial charge in [0, 0.05) is 17.7 Å². The molecular weight excluding hydrogens is 268 g/mol. The normalized spacial score (nSPS) is 13.8. The van der Waals surface area contributed by atoms with Crippen LogP contribution in [0.1, 0.15) is 28.4 Å². The Hall–Kier alpha value is -2.03. The monoisotopic (exact) mass is 284 g/mol. The van der Waals surface area contributed by atoms with Crippen LogP contribution in [0.5, 0.6) is 0 Å². The van der Waals surface area contributed by atoms with Crippen LogP contribution >= 0.6 is 0 Å². The van der Waals surface area contributed by atoms with Gasteiger partial charge in [0.2, 0.25) is 0 Å². The molecule has 110 valence electrons. The lowest BCUT2D eigenvalue weighted by molar-refractivity contribution is -0.385. The first kappa shape index (κ1) is 16.0. The quantitative estimate of drug-likeness (QED) is 0.418. The fraction of sp³-hybridized carbons (Fsp3) is 0.417. The van der Waals surface area contributed by atoms with Gasteiger partial charge in [-0.2, -0.15) is 0 Å². The highest BCUT2D eigenvalue weighted by atomic mass is 16.6. The van der Waals surface area contributed by atoms with Crippen molar-refractivity contribution in [1.29, 1.82) is 0 Å². The summed E-state index contributed by atoms with van der Waals surface area (Å²) >= 11 is 0. The second-order valence-electron chi connectivity index (χ2n) is 4.24. The predicted molar refractivity (Wildman–Crippen MR) is 69.6 cm³/mol.